The van der Waals surface area contributed by atoms with Crippen LogP contribution in [0, 0.1) is 0 Å². The number of aromatic nitrogens is 2. The molecule has 0 aromatic carbocycles. The topological polar surface area (TPSA) is 56.3 Å². The first-order valence-corrected chi connectivity index (χ1v) is 7.61. The van der Waals surface area contributed by atoms with Gasteiger partial charge in [-0.25, -0.2) is 0 Å². The van der Waals surface area contributed by atoms with Crippen molar-refractivity contribution in [3.8, 4) is 5.19 Å². The minimum absolute atomic E-state index is 0.0831. The predicted octanol–water partition coefficient (Wildman–Crippen LogP) is 2.62. The van der Waals surface area contributed by atoms with Gasteiger partial charge in [0.05, 0.1) is 13.2 Å². The lowest BCUT2D eigenvalue weighted by Crippen LogP contribution is -2.35. The van der Waals surface area contributed by atoms with Crippen molar-refractivity contribution in [1.29, 1.82) is 0 Å². The minimum Gasteiger partial charge on any atom is -0.466 e. The highest BCUT2D eigenvalue weighted by atomic mass is 32.1. The fourth-order valence-corrected chi connectivity index (χ4v) is 1.90. The van der Waals surface area contributed by atoms with E-state index in [1.165, 1.54) is 11.3 Å². The van der Waals surface area contributed by atoms with Crippen LogP contribution in [0.15, 0.2) is 0 Å². The van der Waals surface area contributed by atoms with Crippen molar-refractivity contribution < 1.29 is 9.47 Å². The number of rotatable bonds is 9. The van der Waals surface area contributed by atoms with Gasteiger partial charge in [-0.2, -0.15) is 0 Å². The van der Waals surface area contributed by atoms with E-state index in [-0.39, 0.29) is 5.54 Å². The summed E-state index contributed by atoms with van der Waals surface area (Å²) in [7, 11) is 0. The number of nitrogens with zero attached hydrogens (tertiary/aromatic N) is 2. The van der Waals surface area contributed by atoms with Crippen LogP contribution in [0.5, 0.6) is 5.19 Å². The van der Waals surface area contributed by atoms with Crippen LogP contribution in [0.2, 0.25) is 0 Å². The largest absolute Gasteiger partial charge is 0.466 e. The number of hydrogen-bond donors (Lipinski definition) is 1. The van der Waals surface area contributed by atoms with Crippen LogP contribution in [0.3, 0.4) is 0 Å². The lowest BCUT2D eigenvalue weighted by atomic mass is 10.1. The molecule has 1 heterocycles. The van der Waals surface area contributed by atoms with E-state index in [1.807, 2.05) is 0 Å². The maximum atomic E-state index is 5.49. The molecule has 0 saturated heterocycles. The molecule has 19 heavy (non-hydrogen) atoms. The molecule has 1 aromatic rings. The van der Waals surface area contributed by atoms with Crippen molar-refractivity contribution in [3.05, 3.63) is 5.01 Å². The van der Waals surface area contributed by atoms with Gasteiger partial charge in [0, 0.05) is 12.1 Å². The van der Waals surface area contributed by atoms with Gasteiger partial charge in [0.25, 0.3) is 5.19 Å². The predicted molar refractivity (Wildman–Crippen MR) is 77.7 cm³/mol. The molecule has 0 atom stereocenters. The normalized spacial score (nSPS) is 11.8. The maximum Gasteiger partial charge on any atom is 0.294 e. The van der Waals surface area contributed by atoms with E-state index in [0.717, 1.165) is 31.0 Å². The Morgan fingerprint density at radius 1 is 1.16 bits per heavy atom. The smallest absolute Gasteiger partial charge is 0.294 e. The molecule has 0 aliphatic heterocycles. The van der Waals surface area contributed by atoms with Crippen LogP contribution in [-0.2, 0) is 11.3 Å². The Balaban J connectivity index is 2.16. The second-order valence-electron chi connectivity index (χ2n) is 5.38. The molecule has 5 nitrogen and oxygen atoms in total. The van der Waals surface area contributed by atoms with Crippen LogP contribution < -0.4 is 10.1 Å². The van der Waals surface area contributed by atoms with Gasteiger partial charge in [0.2, 0.25) is 0 Å². The Hall–Kier alpha value is -0.720. The lowest BCUT2D eigenvalue weighted by Gasteiger charge is -2.19. The van der Waals surface area contributed by atoms with Crippen molar-refractivity contribution in [2.75, 3.05) is 19.8 Å². The molecule has 0 unspecified atom stereocenters. The van der Waals surface area contributed by atoms with Gasteiger partial charge in [-0.3, -0.25) is 0 Å². The lowest BCUT2D eigenvalue weighted by molar-refractivity contribution is 0.0977. The SMILES string of the molecule is CCCCOCCOc1nnc(CNC(C)(C)C)s1. The maximum absolute atomic E-state index is 5.49. The second kappa shape index (κ2) is 8.45. The van der Waals surface area contributed by atoms with Crippen molar-refractivity contribution in [3.63, 3.8) is 0 Å². The van der Waals surface area contributed by atoms with E-state index in [4.69, 9.17) is 9.47 Å². The third kappa shape index (κ3) is 8.13. The van der Waals surface area contributed by atoms with E-state index in [2.05, 4.69) is 43.2 Å². The monoisotopic (exact) mass is 287 g/mol. The third-order valence-electron chi connectivity index (χ3n) is 2.31. The molecule has 0 bridgehead atoms. The van der Waals surface area contributed by atoms with Gasteiger partial charge in [0.15, 0.2) is 0 Å². The molecule has 0 saturated carbocycles. The second-order valence-corrected chi connectivity index (χ2v) is 6.40. The Bertz CT molecular complexity index is 350. The van der Waals surface area contributed by atoms with E-state index in [0.29, 0.717) is 18.4 Å². The van der Waals surface area contributed by atoms with Gasteiger partial charge >= 0.3 is 0 Å². The number of hydrogen-bond acceptors (Lipinski definition) is 6. The molecule has 1 rings (SSSR count). The molecule has 0 spiro atoms. The van der Waals surface area contributed by atoms with E-state index in [9.17, 15) is 0 Å². The average molecular weight is 287 g/mol. The van der Waals surface area contributed by atoms with Crippen LogP contribution in [0.1, 0.15) is 45.5 Å². The van der Waals surface area contributed by atoms with E-state index < -0.39 is 0 Å². The first-order chi connectivity index (χ1) is 9.01. The standard InChI is InChI=1S/C13H25N3O2S/c1-5-6-7-17-8-9-18-12-16-15-11(19-12)10-14-13(2,3)4/h14H,5-10H2,1-4H3. The summed E-state index contributed by atoms with van der Waals surface area (Å²) in [6.07, 6.45) is 2.25. The Morgan fingerprint density at radius 2 is 1.95 bits per heavy atom. The third-order valence-corrected chi connectivity index (χ3v) is 3.15. The Kier molecular flexibility index (Phi) is 7.27. The van der Waals surface area contributed by atoms with Crippen LogP contribution in [0.25, 0.3) is 0 Å². The Morgan fingerprint density at radius 3 is 2.63 bits per heavy atom. The highest BCUT2D eigenvalue weighted by Crippen LogP contribution is 2.18. The van der Waals surface area contributed by atoms with Crippen molar-refractivity contribution in [2.45, 2.75) is 52.6 Å². The molecule has 0 aliphatic carbocycles. The summed E-state index contributed by atoms with van der Waals surface area (Å²) in [5, 5.41) is 13.0. The quantitative estimate of drug-likeness (QED) is 0.708. The van der Waals surface area contributed by atoms with Gasteiger partial charge in [-0.05, 0) is 27.2 Å². The number of ether oxygens (including phenoxy) is 2. The number of unbranched alkanes of at least 4 members (excludes halogenated alkanes) is 1. The first-order valence-electron chi connectivity index (χ1n) is 6.79. The van der Waals surface area contributed by atoms with Crippen LogP contribution in [-0.4, -0.2) is 35.6 Å². The molecule has 1 N–H and O–H groups in total. The fraction of sp³-hybridized carbons (Fsp3) is 0.846. The highest BCUT2D eigenvalue weighted by Gasteiger charge is 2.11. The summed E-state index contributed by atoms with van der Waals surface area (Å²) in [6.45, 7) is 11.2. The molecular formula is C13H25N3O2S. The Labute approximate surface area is 119 Å². The van der Waals surface area contributed by atoms with Crippen molar-refractivity contribution >= 4 is 11.3 Å². The molecule has 110 valence electrons. The number of nitrogens with one attached hydrogen (secondary N) is 1. The van der Waals surface area contributed by atoms with E-state index in [1.54, 1.807) is 0 Å². The molecule has 0 amide bonds. The highest BCUT2D eigenvalue weighted by molar-refractivity contribution is 7.13. The fourth-order valence-electron chi connectivity index (χ4n) is 1.25. The molecule has 6 heteroatoms. The van der Waals surface area contributed by atoms with Gasteiger partial charge in [0.1, 0.15) is 11.6 Å². The zero-order chi connectivity index (χ0) is 14.1. The van der Waals surface area contributed by atoms with Crippen molar-refractivity contribution in [1.82, 2.24) is 15.5 Å². The van der Waals surface area contributed by atoms with Crippen LogP contribution >= 0.6 is 11.3 Å². The zero-order valence-corrected chi connectivity index (χ0v) is 13.2. The van der Waals surface area contributed by atoms with Crippen molar-refractivity contribution in [2.24, 2.45) is 0 Å². The summed E-state index contributed by atoms with van der Waals surface area (Å²) in [5.41, 5.74) is 0.0831. The first kappa shape index (κ1) is 16.3. The molecule has 0 fully saturated rings. The summed E-state index contributed by atoms with van der Waals surface area (Å²) in [5.74, 6) is 0. The molecule has 1 aromatic heterocycles. The summed E-state index contributed by atoms with van der Waals surface area (Å²) < 4.78 is 10.9. The molecular weight excluding hydrogens is 262 g/mol. The molecule has 0 aliphatic rings. The van der Waals surface area contributed by atoms with Gasteiger partial charge in [-0.15, -0.1) is 10.2 Å². The molecule has 0 radical (unpaired) electrons. The summed E-state index contributed by atoms with van der Waals surface area (Å²) in [4.78, 5) is 0. The average Bonchev–Trinajstić information content (AvgIpc) is 2.78. The summed E-state index contributed by atoms with van der Waals surface area (Å²) in [6, 6.07) is 0. The van der Waals surface area contributed by atoms with Crippen LogP contribution in [0.4, 0.5) is 0 Å². The van der Waals surface area contributed by atoms with E-state index >= 15 is 0 Å². The zero-order valence-electron chi connectivity index (χ0n) is 12.4. The minimum atomic E-state index is 0.0831. The van der Waals surface area contributed by atoms with Gasteiger partial charge in [-0.1, -0.05) is 24.7 Å². The summed E-state index contributed by atoms with van der Waals surface area (Å²) >= 11 is 1.48. The van der Waals surface area contributed by atoms with Gasteiger partial charge < -0.3 is 14.8 Å².